The lowest BCUT2D eigenvalue weighted by atomic mass is 9.98. The third-order valence-corrected chi connectivity index (χ3v) is 7.19. The Hall–Kier alpha value is -5.78. The van der Waals surface area contributed by atoms with Crippen LogP contribution in [0.1, 0.15) is 34.5 Å². The number of phenolic OH excluding ortho intramolecular Hbond substituents is 8. The van der Waals surface area contributed by atoms with E-state index in [0.717, 1.165) is 43.3 Å². The van der Waals surface area contributed by atoms with Gasteiger partial charge in [0.05, 0.1) is 11.1 Å². The molecule has 0 amide bonds. The number of hydrogen-bond donors (Lipinski definition) is 10. The van der Waals surface area contributed by atoms with E-state index in [4.69, 9.17) is 23.7 Å². The van der Waals surface area contributed by atoms with Crippen molar-refractivity contribution in [2.75, 3.05) is 6.61 Å². The van der Waals surface area contributed by atoms with Crippen molar-refractivity contribution in [3.05, 3.63) is 58.8 Å². The molecule has 0 radical (unpaired) electrons. The number of phenols is 8. The molecule has 0 aliphatic carbocycles. The van der Waals surface area contributed by atoms with Gasteiger partial charge in [-0.1, -0.05) is 0 Å². The second kappa shape index (κ2) is 12.5. The molecule has 5 rings (SSSR count). The average molecular weight is 661 g/mol. The number of rotatable bonds is 7. The highest BCUT2D eigenvalue weighted by molar-refractivity contribution is 5.91. The first-order chi connectivity index (χ1) is 22.1. The number of aliphatic hydroxyl groups is 2. The molecule has 2 aliphatic rings. The zero-order chi connectivity index (χ0) is 34.3. The number of hydrogen-bond acceptors (Lipinski definition) is 17. The number of carbonyl (C=O) groups excluding carboxylic acids is 2. The van der Waals surface area contributed by atoms with Crippen molar-refractivity contribution in [2.24, 2.45) is 0 Å². The molecule has 10 N–H and O–H groups in total. The Labute approximate surface area is 263 Å². The Kier molecular flexibility index (Phi) is 8.70. The Morgan fingerprint density at radius 3 is 1.98 bits per heavy atom. The van der Waals surface area contributed by atoms with Crippen molar-refractivity contribution in [3.8, 4) is 51.7 Å². The molecule has 0 aromatic heterocycles. The lowest BCUT2D eigenvalue weighted by Crippen LogP contribution is -2.60. The molecule has 1 fully saturated rings. The van der Waals surface area contributed by atoms with Crippen LogP contribution in [0.25, 0.3) is 6.08 Å². The SMILES string of the molecule is CC(=O)OCC1OC(OC2=Cc3c(O)cc(O)cc3OC2c2cc(O)c(O)c(O)c2)C(OC(=O)c2cc(O)c(O)c(O)c2)C(O)C1O. The van der Waals surface area contributed by atoms with Gasteiger partial charge in [-0.25, -0.2) is 4.79 Å². The first-order valence-electron chi connectivity index (χ1n) is 13.6. The summed E-state index contributed by atoms with van der Waals surface area (Å²) >= 11 is 0. The molecule has 6 unspecified atom stereocenters. The van der Waals surface area contributed by atoms with E-state index in [1.165, 1.54) is 6.08 Å². The third-order valence-electron chi connectivity index (χ3n) is 7.19. The lowest BCUT2D eigenvalue weighted by Gasteiger charge is -2.42. The summed E-state index contributed by atoms with van der Waals surface area (Å²) in [5.74, 6) is -8.45. The molecule has 1 saturated heterocycles. The van der Waals surface area contributed by atoms with Crippen LogP contribution in [0.3, 0.4) is 0 Å². The molecule has 3 aromatic carbocycles. The van der Waals surface area contributed by atoms with Crippen LogP contribution in [0.15, 0.2) is 42.2 Å². The predicted octanol–water partition coefficient (Wildman–Crippen LogP) is 1.06. The van der Waals surface area contributed by atoms with Gasteiger partial charge < -0.3 is 74.7 Å². The zero-order valence-electron chi connectivity index (χ0n) is 24.0. The van der Waals surface area contributed by atoms with Crippen LogP contribution in [-0.2, 0) is 23.7 Å². The molecule has 47 heavy (non-hydrogen) atoms. The number of benzene rings is 3. The van der Waals surface area contributed by atoms with Crippen LogP contribution in [-0.4, -0.2) is 100 Å². The number of fused-ring (bicyclic) bond motifs is 1. The van der Waals surface area contributed by atoms with Crippen molar-refractivity contribution in [1.82, 2.24) is 0 Å². The topological polar surface area (TPSA) is 283 Å². The van der Waals surface area contributed by atoms with E-state index in [9.17, 15) is 60.7 Å². The molecule has 17 nitrogen and oxygen atoms in total. The van der Waals surface area contributed by atoms with Crippen LogP contribution in [0, 0.1) is 0 Å². The standard InChI is InChI=1S/C30H28O17/c1-10(31)43-9-22-25(40)26(41)28(47-29(42)12-4-18(36)24(39)19(37)5-12)30(46-22)45-21-8-14-15(33)6-13(32)7-20(14)44-27(21)11-2-16(34)23(38)17(35)3-11/h2-8,22,25-28,30,32-41H,9H2,1H3. The number of esters is 2. The van der Waals surface area contributed by atoms with E-state index in [1.807, 2.05) is 0 Å². The van der Waals surface area contributed by atoms with Crippen LogP contribution >= 0.6 is 0 Å². The fourth-order valence-corrected chi connectivity index (χ4v) is 4.86. The minimum Gasteiger partial charge on any atom is -0.508 e. The third kappa shape index (κ3) is 6.48. The summed E-state index contributed by atoms with van der Waals surface area (Å²) < 4.78 is 28.0. The number of carbonyl (C=O) groups is 2. The van der Waals surface area contributed by atoms with Crippen LogP contribution in [0.5, 0.6) is 51.7 Å². The normalized spacial score (nSPS) is 23.5. The van der Waals surface area contributed by atoms with E-state index >= 15 is 0 Å². The molecule has 17 heteroatoms. The van der Waals surface area contributed by atoms with Gasteiger partial charge in [0.25, 0.3) is 0 Å². The van der Waals surface area contributed by atoms with Gasteiger partial charge >= 0.3 is 11.9 Å². The molecule has 250 valence electrons. The highest BCUT2D eigenvalue weighted by atomic mass is 16.7. The van der Waals surface area contributed by atoms with E-state index in [-0.39, 0.29) is 22.6 Å². The minimum absolute atomic E-state index is 0.0438. The van der Waals surface area contributed by atoms with E-state index in [0.29, 0.717) is 0 Å². The van der Waals surface area contributed by atoms with E-state index in [2.05, 4.69) is 0 Å². The van der Waals surface area contributed by atoms with Crippen LogP contribution < -0.4 is 4.74 Å². The second-order valence-electron chi connectivity index (χ2n) is 10.5. The summed E-state index contributed by atoms with van der Waals surface area (Å²) in [4.78, 5) is 24.5. The molecule has 0 bridgehead atoms. The monoisotopic (exact) mass is 660 g/mol. The maximum absolute atomic E-state index is 13.1. The number of aromatic hydroxyl groups is 8. The van der Waals surface area contributed by atoms with Gasteiger partial charge in [-0.05, 0) is 30.3 Å². The van der Waals surface area contributed by atoms with Gasteiger partial charge in [0.2, 0.25) is 6.29 Å². The summed E-state index contributed by atoms with van der Waals surface area (Å²) in [6.07, 6.45) is -9.38. The largest absolute Gasteiger partial charge is 0.508 e. The first kappa shape index (κ1) is 32.6. The molecule has 6 atom stereocenters. The van der Waals surface area contributed by atoms with Crippen molar-refractivity contribution in [2.45, 2.75) is 43.7 Å². The van der Waals surface area contributed by atoms with Gasteiger partial charge in [0.15, 0.2) is 46.7 Å². The maximum Gasteiger partial charge on any atom is 0.339 e. The summed E-state index contributed by atoms with van der Waals surface area (Å²) in [6, 6.07) is 5.60. The first-order valence-corrected chi connectivity index (χ1v) is 13.6. The summed E-state index contributed by atoms with van der Waals surface area (Å²) in [5.41, 5.74) is -0.612. The van der Waals surface area contributed by atoms with Gasteiger partial charge in [0.1, 0.15) is 47.9 Å². The fourth-order valence-electron chi connectivity index (χ4n) is 4.86. The molecular formula is C30H28O17. The predicted molar refractivity (Wildman–Crippen MR) is 152 cm³/mol. The fraction of sp³-hybridized carbons (Fsp3) is 0.267. The van der Waals surface area contributed by atoms with Crippen molar-refractivity contribution >= 4 is 18.0 Å². The van der Waals surface area contributed by atoms with E-state index < -0.39 is 107 Å². The minimum atomic E-state index is -2.00. The molecule has 0 saturated carbocycles. The maximum atomic E-state index is 13.1. The Morgan fingerprint density at radius 1 is 0.787 bits per heavy atom. The quantitative estimate of drug-likeness (QED) is 0.125. The van der Waals surface area contributed by atoms with E-state index in [1.54, 1.807) is 0 Å². The second-order valence-corrected chi connectivity index (χ2v) is 10.5. The molecule has 2 heterocycles. The Morgan fingerprint density at radius 2 is 1.38 bits per heavy atom. The van der Waals surface area contributed by atoms with Gasteiger partial charge in [-0.3, -0.25) is 4.79 Å². The Balaban J connectivity index is 1.56. The zero-order valence-corrected chi connectivity index (χ0v) is 24.0. The number of aliphatic hydroxyl groups excluding tert-OH is 2. The lowest BCUT2D eigenvalue weighted by molar-refractivity contribution is -0.293. The molecule has 0 spiro atoms. The van der Waals surface area contributed by atoms with Crippen LogP contribution in [0.2, 0.25) is 0 Å². The molecule has 3 aromatic rings. The van der Waals surface area contributed by atoms with Crippen molar-refractivity contribution in [3.63, 3.8) is 0 Å². The highest BCUT2D eigenvalue weighted by Crippen LogP contribution is 2.47. The molecule has 2 aliphatic heterocycles. The smallest absolute Gasteiger partial charge is 0.339 e. The summed E-state index contributed by atoms with van der Waals surface area (Å²) in [6.45, 7) is 0.473. The van der Waals surface area contributed by atoms with Gasteiger partial charge in [-0.2, -0.15) is 0 Å². The average Bonchev–Trinajstić information content (AvgIpc) is 3.00. The Bertz CT molecular complexity index is 1700. The van der Waals surface area contributed by atoms with Gasteiger partial charge in [-0.15, -0.1) is 0 Å². The van der Waals surface area contributed by atoms with Crippen molar-refractivity contribution < 1.29 is 84.3 Å². The molecular weight excluding hydrogens is 632 g/mol. The summed E-state index contributed by atoms with van der Waals surface area (Å²) in [5, 5.41) is 102. The van der Waals surface area contributed by atoms with Gasteiger partial charge in [0, 0.05) is 24.6 Å². The summed E-state index contributed by atoms with van der Waals surface area (Å²) in [7, 11) is 0. The van der Waals surface area contributed by atoms with Crippen molar-refractivity contribution in [1.29, 1.82) is 0 Å². The highest BCUT2D eigenvalue weighted by Gasteiger charge is 2.49. The van der Waals surface area contributed by atoms with Crippen LogP contribution in [0.4, 0.5) is 0 Å². The number of ether oxygens (including phenoxy) is 5.